The number of aromatic nitrogens is 2. The Hall–Kier alpha value is -1.95. The van der Waals surface area contributed by atoms with E-state index in [4.69, 9.17) is 4.99 Å². The minimum Gasteiger partial charge on any atom is -0.378 e. The van der Waals surface area contributed by atoms with Crippen LogP contribution < -0.4 is 4.90 Å². The number of anilines is 1. The predicted octanol–water partition coefficient (Wildman–Crippen LogP) is 3.33. The maximum absolute atomic E-state index is 4.77. The molecule has 0 atom stereocenters. The Labute approximate surface area is 154 Å². The van der Waals surface area contributed by atoms with Crippen LogP contribution in [0.1, 0.15) is 18.4 Å². The molecule has 0 aliphatic carbocycles. The molecule has 2 heterocycles. The summed E-state index contributed by atoms with van der Waals surface area (Å²) >= 11 is 1.90. The third kappa shape index (κ3) is 5.26. The van der Waals surface area contributed by atoms with Crippen LogP contribution >= 0.6 is 11.8 Å². The lowest BCUT2D eigenvalue weighted by atomic mass is 10.2. The number of nitrogens with zero attached hydrogens (tertiary/aromatic N) is 5. The first-order valence-corrected chi connectivity index (χ1v) is 9.85. The molecule has 0 radical (unpaired) electrons. The molecule has 1 aromatic heterocycles. The summed E-state index contributed by atoms with van der Waals surface area (Å²) in [7, 11) is 4.15. The second kappa shape index (κ2) is 8.94. The van der Waals surface area contributed by atoms with E-state index in [1.165, 1.54) is 28.6 Å². The van der Waals surface area contributed by atoms with Gasteiger partial charge in [-0.3, -0.25) is 4.99 Å². The van der Waals surface area contributed by atoms with Gasteiger partial charge in [0.15, 0.2) is 5.17 Å². The van der Waals surface area contributed by atoms with Gasteiger partial charge in [0.25, 0.3) is 0 Å². The summed E-state index contributed by atoms with van der Waals surface area (Å²) in [5.74, 6) is 1.18. The first kappa shape index (κ1) is 17.9. The zero-order chi connectivity index (χ0) is 17.5. The van der Waals surface area contributed by atoms with Crippen molar-refractivity contribution in [2.24, 2.45) is 4.99 Å². The number of amidine groups is 1. The van der Waals surface area contributed by atoms with E-state index in [-0.39, 0.29) is 0 Å². The summed E-state index contributed by atoms with van der Waals surface area (Å²) in [4.78, 5) is 13.5. The molecule has 1 aromatic carbocycles. The lowest BCUT2D eigenvalue weighted by Crippen LogP contribution is -2.31. The molecule has 0 fully saturated rings. The normalized spacial score (nSPS) is 14.2. The number of hydrogen-bond acceptors (Lipinski definition) is 5. The zero-order valence-electron chi connectivity index (χ0n) is 15.1. The zero-order valence-corrected chi connectivity index (χ0v) is 16.0. The molecule has 1 aliphatic rings. The van der Waals surface area contributed by atoms with Crippen LogP contribution in [0.25, 0.3) is 0 Å². The van der Waals surface area contributed by atoms with Crippen LogP contribution in [0.3, 0.4) is 0 Å². The van der Waals surface area contributed by atoms with Gasteiger partial charge in [-0.05, 0) is 30.5 Å². The minimum atomic E-state index is 0.920. The maximum atomic E-state index is 4.77. The van der Waals surface area contributed by atoms with Gasteiger partial charge in [0.2, 0.25) is 0 Å². The largest absolute Gasteiger partial charge is 0.378 e. The molecule has 5 nitrogen and oxygen atoms in total. The van der Waals surface area contributed by atoms with E-state index in [9.17, 15) is 0 Å². The number of thioether (sulfide) groups is 1. The Kier molecular flexibility index (Phi) is 6.39. The van der Waals surface area contributed by atoms with Gasteiger partial charge in [-0.25, -0.2) is 4.98 Å². The highest BCUT2D eigenvalue weighted by atomic mass is 32.2. The first-order valence-electron chi connectivity index (χ1n) is 8.86. The lowest BCUT2D eigenvalue weighted by molar-refractivity contribution is 0.396. The van der Waals surface area contributed by atoms with E-state index in [0.717, 1.165) is 32.6 Å². The van der Waals surface area contributed by atoms with Crippen LogP contribution in [0.4, 0.5) is 5.69 Å². The van der Waals surface area contributed by atoms with E-state index >= 15 is 0 Å². The van der Waals surface area contributed by atoms with Gasteiger partial charge < -0.3 is 14.4 Å². The average Bonchev–Trinajstić information content (AvgIpc) is 3.15. The highest BCUT2D eigenvalue weighted by Crippen LogP contribution is 2.20. The molecule has 3 rings (SSSR count). The second-order valence-electron chi connectivity index (χ2n) is 6.50. The van der Waals surface area contributed by atoms with Crippen molar-refractivity contribution in [3.8, 4) is 0 Å². The second-order valence-corrected chi connectivity index (χ2v) is 7.56. The molecule has 1 aliphatic heterocycles. The fourth-order valence-corrected chi connectivity index (χ4v) is 3.84. The minimum absolute atomic E-state index is 0.920. The number of rotatable bonds is 7. The van der Waals surface area contributed by atoms with E-state index < -0.39 is 0 Å². The van der Waals surface area contributed by atoms with Gasteiger partial charge >= 0.3 is 0 Å². The molecule has 0 amide bonds. The summed E-state index contributed by atoms with van der Waals surface area (Å²) in [5, 5.41) is 1.20. The van der Waals surface area contributed by atoms with Crippen LogP contribution in [0.15, 0.2) is 48.0 Å². The number of hydrogen-bond donors (Lipinski definition) is 0. The van der Waals surface area contributed by atoms with E-state index in [0.29, 0.717) is 0 Å². The van der Waals surface area contributed by atoms with E-state index in [2.05, 4.69) is 57.7 Å². The number of imidazole rings is 1. The molecule has 0 saturated heterocycles. The Morgan fingerprint density at radius 1 is 1.20 bits per heavy atom. The summed E-state index contributed by atoms with van der Waals surface area (Å²) < 4.78 is 2.14. The average molecular weight is 358 g/mol. The molecule has 0 bridgehead atoms. The van der Waals surface area contributed by atoms with Crippen molar-refractivity contribution >= 4 is 22.6 Å². The highest BCUT2D eigenvalue weighted by Gasteiger charge is 2.15. The van der Waals surface area contributed by atoms with E-state index in [1.54, 1.807) is 0 Å². The Balaban J connectivity index is 1.63. The van der Waals surface area contributed by atoms with Crippen LogP contribution in [-0.4, -0.2) is 52.6 Å². The molecule has 6 heteroatoms. The van der Waals surface area contributed by atoms with Crippen molar-refractivity contribution in [3.05, 3.63) is 48.5 Å². The van der Waals surface area contributed by atoms with Crippen LogP contribution in [0.5, 0.6) is 0 Å². The molecule has 2 aromatic rings. The predicted molar refractivity (Wildman–Crippen MR) is 107 cm³/mol. The topological polar surface area (TPSA) is 36.7 Å². The summed E-state index contributed by atoms with van der Waals surface area (Å²) in [6.07, 6.45) is 8.03. The van der Waals surface area contributed by atoms with Gasteiger partial charge in [-0.2, -0.15) is 0 Å². The number of aliphatic imine (C=N–C) groups is 1. The molecule has 0 unspecified atom stereocenters. The SMILES string of the molecule is CN(C)c1ccc(CN(CCCn2ccnc2)C2=NCCCS2)cc1. The first-order chi connectivity index (χ1) is 12.2. The maximum Gasteiger partial charge on any atom is 0.159 e. The Morgan fingerprint density at radius 3 is 2.68 bits per heavy atom. The molecule has 0 saturated carbocycles. The van der Waals surface area contributed by atoms with Crippen molar-refractivity contribution in [2.75, 3.05) is 37.8 Å². The molecule has 0 N–H and O–H groups in total. The smallest absolute Gasteiger partial charge is 0.159 e. The third-order valence-electron chi connectivity index (χ3n) is 4.28. The van der Waals surface area contributed by atoms with E-state index in [1.807, 2.05) is 30.5 Å². The van der Waals surface area contributed by atoms with Gasteiger partial charge in [0.1, 0.15) is 0 Å². The van der Waals surface area contributed by atoms with Gasteiger partial charge in [0.05, 0.1) is 6.33 Å². The molecular weight excluding hydrogens is 330 g/mol. The van der Waals surface area contributed by atoms with Gasteiger partial charge in [-0.15, -0.1) is 0 Å². The fourth-order valence-electron chi connectivity index (χ4n) is 2.87. The lowest BCUT2D eigenvalue weighted by Gasteiger charge is -2.28. The molecular formula is C19H27N5S. The summed E-state index contributed by atoms with van der Waals surface area (Å²) in [5.41, 5.74) is 2.57. The quantitative estimate of drug-likeness (QED) is 0.762. The standard InChI is InChI=1S/C19H27N5S/c1-22(2)18-7-5-17(6-8-18)15-24(19-21-9-3-14-25-19)12-4-11-23-13-10-20-16-23/h5-8,10,13,16H,3-4,9,11-12,14-15H2,1-2H3. The van der Waals surface area contributed by atoms with Crippen LogP contribution in [0.2, 0.25) is 0 Å². The third-order valence-corrected chi connectivity index (χ3v) is 5.42. The van der Waals surface area contributed by atoms with Gasteiger partial charge in [0, 0.05) is 64.1 Å². The Morgan fingerprint density at radius 2 is 2.04 bits per heavy atom. The van der Waals surface area contributed by atoms with Crippen molar-refractivity contribution in [3.63, 3.8) is 0 Å². The highest BCUT2D eigenvalue weighted by molar-refractivity contribution is 8.13. The van der Waals surface area contributed by atoms with Gasteiger partial charge in [-0.1, -0.05) is 23.9 Å². The Bertz CT molecular complexity index is 664. The van der Waals surface area contributed by atoms with Crippen molar-refractivity contribution in [1.29, 1.82) is 0 Å². The van der Waals surface area contributed by atoms with Crippen LogP contribution in [-0.2, 0) is 13.1 Å². The molecule has 0 spiro atoms. The fraction of sp³-hybridized carbons (Fsp3) is 0.474. The van der Waals surface area contributed by atoms with Crippen molar-refractivity contribution < 1.29 is 0 Å². The number of benzene rings is 1. The van der Waals surface area contributed by atoms with Crippen molar-refractivity contribution in [1.82, 2.24) is 14.5 Å². The molecule has 25 heavy (non-hydrogen) atoms. The molecule has 134 valence electrons. The summed E-state index contributed by atoms with van der Waals surface area (Å²) in [6, 6.07) is 8.84. The monoisotopic (exact) mass is 357 g/mol. The van der Waals surface area contributed by atoms with Crippen molar-refractivity contribution in [2.45, 2.75) is 25.9 Å². The number of aryl methyl sites for hydroxylation is 1. The summed E-state index contributed by atoms with van der Waals surface area (Å²) in [6.45, 7) is 3.89. The van der Waals surface area contributed by atoms with Crippen LogP contribution in [0, 0.1) is 0 Å².